The second kappa shape index (κ2) is 7.82. The van der Waals surface area contributed by atoms with Gasteiger partial charge in [0.05, 0.1) is 6.20 Å². The highest BCUT2D eigenvalue weighted by molar-refractivity contribution is 5.89. The van der Waals surface area contributed by atoms with Crippen LogP contribution in [0.3, 0.4) is 0 Å². The van der Waals surface area contributed by atoms with E-state index < -0.39 is 0 Å². The molecule has 1 aromatic rings. The lowest BCUT2D eigenvalue weighted by molar-refractivity contribution is -0.117. The monoisotopic (exact) mass is 307 g/mol. The number of carbonyl (C=O) groups is 2. The molecule has 122 valence electrons. The minimum absolute atomic E-state index is 0.0209. The number of amides is 3. The van der Waals surface area contributed by atoms with Crippen molar-refractivity contribution < 1.29 is 9.59 Å². The second-order valence-electron chi connectivity index (χ2n) is 6.26. The maximum atomic E-state index is 12.1. The maximum Gasteiger partial charge on any atom is 0.317 e. The molecule has 2 heterocycles. The van der Waals surface area contributed by atoms with E-state index in [0.717, 1.165) is 19.4 Å². The molecule has 22 heavy (non-hydrogen) atoms. The van der Waals surface area contributed by atoms with Crippen molar-refractivity contribution in [2.24, 2.45) is 11.8 Å². The fourth-order valence-electron chi connectivity index (χ4n) is 2.61. The van der Waals surface area contributed by atoms with Crippen LogP contribution in [0.2, 0.25) is 0 Å². The zero-order valence-electron chi connectivity index (χ0n) is 13.3. The van der Waals surface area contributed by atoms with Crippen LogP contribution in [0.5, 0.6) is 0 Å². The van der Waals surface area contributed by atoms with Crippen molar-refractivity contribution in [3.8, 4) is 0 Å². The molecule has 1 aliphatic rings. The molecule has 0 saturated carbocycles. The summed E-state index contributed by atoms with van der Waals surface area (Å²) in [7, 11) is 0. The predicted molar refractivity (Wildman–Crippen MR) is 84.4 cm³/mol. The van der Waals surface area contributed by atoms with Crippen molar-refractivity contribution in [2.45, 2.75) is 33.1 Å². The van der Waals surface area contributed by atoms with Crippen molar-refractivity contribution >= 4 is 17.8 Å². The Morgan fingerprint density at radius 2 is 2.32 bits per heavy atom. The maximum absolute atomic E-state index is 12.1. The van der Waals surface area contributed by atoms with E-state index in [1.54, 1.807) is 12.3 Å². The highest BCUT2D eigenvalue weighted by Gasteiger charge is 2.25. The van der Waals surface area contributed by atoms with E-state index in [4.69, 9.17) is 0 Å². The molecule has 3 N–H and O–H groups in total. The van der Waals surface area contributed by atoms with Gasteiger partial charge in [-0.1, -0.05) is 13.8 Å². The molecule has 7 nitrogen and oxygen atoms in total. The zero-order valence-corrected chi connectivity index (χ0v) is 13.3. The molecule has 1 aromatic heterocycles. The molecule has 1 fully saturated rings. The molecule has 0 bridgehead atoms. The molecular formula is C15H25N5O2. The van der Waals surface area contributed by atoms with E-state index in [9.17, 15) is 9.59 Å². The van der Waals surface area contributed by atoms with Crippen LogP contribution in [-0.2, 0) is 4.79 Å². The SMILES string of the molecule is CC(C)CNC(=O)N1CCC[C@H](CC(=O)Nc2ccn[nH]2)C1. The molecule has 0 spiro atoms. The Hall–Kier alpha value is -2.05. The molecule has 1 atom stereocenters. The topological polar surface area (TPSA) is 90.1 Å². The van der Waals surface area contributed by atoms with E-state index in [-0.39, 0.29) is 17.9 Å². The molecule has 0 radical (unpaired) electrons. The summed E-state index contributed by atoms with van der Waals surface area (Å²) in [5, 5.41) is 12.2. The van der Waals surface area contributed by atoms with Crippen molar-refractivity contribution in [1.29, 1.82) is 0 Å². The van der Waals surface area contributed by atoms with Gasteiger partial charge in [0, 0.05) is 32.1 Å². The highest BCUT2D eigenvalue weighted by Crippen LogP contribution is 2.20. The van der Waals surface area contributed by atoms with Crippen LogP contribution in [0.25, 0.3) is 0 Å². The van der Waals surface area contributed by atoms with E-state index in [0.29, 0.717) is 31.2 Å². The average Bonchev–Trinajstić information content (AvgIpc) is 2.97. The van der Waals surface area contributed by atoms with E-state index in [2.05, 4.69) is 34.7 Å². The number of urea groups is 1. The molecular weight excluding hydrogens is 282 g/mol. The number of H-pyrrole nitrogens is 1. The first-order chi connectivity index (χ1) is 10.5. The van der Waals surface area contributed by atoms with Gasteiger partial charge in [-0.2, -0.15) is 5.10 Å². The first-order valence-corrected chi connectivity index (χ1v) is 7.86. The van der Waals surface area contributed by atoms with Gasteiger partial charge >= 0.3 is 6.03 Å². The number of likely N-dealkylation sites (tertiary alicyclic amines) is 1. The summed E-state index contributed by atoms with van der Waals surface area (Å²) in [6.07, 6.45) is 3.94. The molecule has 2 rings (SSSR count). The molecule has 1 aliphatic heterocycles. The van der Waals surface area contributed by atoms with Crippen molar-refractivity contribution in [3.05, 3.63) is 12.3 Å². The number of carbonyl (C=O) groups excluding carboxylic acids is 2. The third-order valence-electron chi connectivity index (χ3n) is 3.72. The van der Waals surface area contributed by atoms with Crippen molar-refractivity contribution in [1.82, 2.24) is 20.4 Å². The fraction of sp³-hybridized carbons (Fsp3) is 0.667. The van der Waals surface area contributed by atoms with Crippen LogP contribution in [0, 0.1) is 11.8 Å². The Labute approximate surface area is 130 Å². The van der Waals surface area contributed by atoms with Crippen LogP contribution in [0.1, 0.15) is 33.1 Å². The lowest BCUT2D eigenvalue weighted by Gasteiger charge is -2.32. The summed E-state index contributed by atoms with van der Waals surface area (Å²) in [5.74, 6) is 1.21. The molecule has 0 aromatic carbocycles. The van der Waals surface area contributed by atoms with Crippen molar-refractivity contribution in [3.63, 3.8) is 0 Å². The minimum atomic E-state index is -0.0429. The number of hydrogen-bond acceptors (Lipinski definition) is 3. The molecule has 3 amide bonds. The summed E-state index contributed by atoms with van der Waals surface area (Å²) in [6, 6.07) is 1.69. The molecule has 0 unspecified atom stereocenters. The highest BCUT2D eigenvalue weighted by atomic mass is 16.2. The lowest BCUT2D eigenvalue weighted by Crippen LogP contribution is -2.46. The Balaban J connectivity index is 1.77. The second-order valence-corrected chi connectivity index (χ2v) is 6.26. The standard InChI is InChI=1S/C15H25N5O2/c1-11(2)9-16-15(22)20-7-3-4-12(10-20)8-14(21)18-13-5-6-17-19-13/h5-6,11-12H,3-4,7-10H2,1-2H3,(H,16,22)(H2,17,18,19,21)/t12-/m1/s1. The van der Waals surface area contributed by atoms with Gasteiger partial charge in [0.25, 0.3) is 0 Å². The normalized spacial score (nSPS) is 18.3. The Bertz CT molecular complexity index is 486. The van der Waals surface area contributed by atoms with Crippen molar-refractivity contribution in [2.75, 3.05) is 25.0 Å². The fourth-order valence-corrected chi connectivity index (χ4v) is 2.61. The van der Waals surface area contributed by atoms with Gasteiger partial charge in [-0.25, -0.2) is 4.79 Å². The Morgan fingerprint density at radius 1 is 1.50 bits per heavy atom. The van der Waals surface area contributed by atoms with Gasteiger partial charge in [0.15, 0.2) is 0 Å². The Morgan fingerprint density at radius 3 is 3.00 bits per heavy atom. The van der Waals surface area contributed by atoms with Crippen LogP contribution in [0.15, 0.2) is 12.3 Å². The zero-order chi connectivity index (χ0) is 15.9. The minimum Gasteiger partial charge on any atom is -0.338 e. The number of rotatable bonds is 5. The van der Waals surface area contributed by atoms with Gasteiger partial charge in [-0.05, 0) is 24.7 Å². The van der Waals surface area contributed by atoms with Gasteiger partial charge in [0.1, 0.15) is 5.82 Å². The summed E-state index contributed by atoms with van der Waals surface area (Å²) in [5.41, 5.74) is 0. The molecule has 0 aliphatic carbocycles. The number of hydrogen-bond donors (Lipinski definition) is 3. The summed E-state index contributed by atoms with van der Waals surface area (Å²) in [6.45, 7) is 6.22. The summed E-state index contributed by atoms with van der Waals surface area (Å²) < 4.78 is 0. The lowest BCUT2D eigenvalue weighted by atomic mass is 9.94. The quantitative estimate of drug-likeness (QED) is 0.775. The first kappa shape index (κ1) is 16.3. The van der Waals surface area contributed by atoms with Crippen LogP contribution < -0.4 is 10.6 Å². The third-order valence-corrected chi connectivity index (χ3v) is 3.72. The molecule has 7 heteroatoms. The van der Waals surface area contributed by atoms with E-state index in [1.165, 1.54) is 0 Å². The van der Waals surface area contributed by atoms with Crippen LogP contribution >= 0.6 is 0 Å². The van der Waals surface area contributed by atoms with Gasteiger partial charge < -0.3 is 15.5 Å². The number of piperidine rings is 1. The largest absolute Gasteiger partial charge is 0.338 e. The number of anilines is 1. The summed E-state index contributed by atoms with van der Waals surface area (Å²) >= 11 is 0. The van der Waals surface area contributed by atoms with Crippen LogP contribution in [-0.4, -0.2) is 46.7 Å². The average molecular weight is 307 g/mol. The Kier molecular flexibility index (Phi) is 5.80. The third kappa shape index (κ3) is 5.05. The first-order valence-electron chi connectivity index (χ1n) is 7.86. The van der Waals surface area contributed by atoms with Gasteiger partial charge in [-0.3, -0.25) is 9.89 Å². The van der Waals surface area contributed by atoms with Crippen LogP contribution in [0.4, 0.5) is 10.6 Å². The predicted octanol–water partition coefficient (Wildman–Crippen LogP) is 1.82. The number of nitrogens with zero attached hydrogens (tertiary/aromatic N) is 2. The van der Waals surface area contributed by atoms with E-state index >= 15 is 0 Å². The van der Waals surface area contributed by atoms with E-state index in [1.807, 2.05) is 4.90 Å². The number of nitrogens with one attached hydrogen (secondary N) is 3. The van der Waals surface area contributed by atoms with Gasteiger partial charge in [-0.15, -0.1) is 0 Å². The van der Waals surface area contributed by atoms with Gasteiger partial charge in [0.2, 0.25) is 5.91 Å². The summed E-state index contributed by atoms with van der Waals surface area (Å²) in [4.78, 5) is 25.9. The number of aromatic nitrogens is 2. The number of aromatic amines is 1. The smallest absolute Gasteiger partial charge is 0.317 e. The molecule has 1 saturated heterocycles.